The molecule has 0 aromatic carbocycles. The van der Waals surface area contributed by atoms with Crippen LogP contribution < -0.4 is 0 Å². The largest absolute Gasteiger partial charge is 0.394 e. The van der Waals surface area contributed by atoms with Crippen LogP contribution in [0.25, 0.3) is 0 Å². The molecule has 0 aliphatic carbocycles. The van der Waals surface area contributed by atoms with Gasteiger partial charge in [0.15, 0.2) is 6.10 Å². The first kappa shape index (κ1) is 11.4. The van der Waals surface area contributed by atoms with E-state index in [0.717, 1.165) is 0 Å². The molecule has 0 unspecified atom stereocenters. The highest BCUT2D eigenvalue weighted by atomic mass is 17.0. The van der Waals surface area contributed by atoms with Gasteiger partial charge >= 0.3 is 0 Å². The van der Waals surface area contributed by atoms with Crippen molar-refractivity contribution in [2.75, 3.05) is 6.61 Å². The molecule has 0 saturated heterocycles. The van der Waals surface area contributed by atoms with E-state index in [1.54, 1.807) is 0 Å². The second-order valence-corrected chi connectivity index (χ2v) is 1.92. The molecule has 0 bridgehead atoms. The fourth-order valence-corrected chi connectivity index (χ4v) is 0.508. The van der Waals surface area contributed by atoms with Crippen molar-refractivity contribution in [3.8, 4) is 0 Å². The Morgan fingerprint density at radius 1 is 1.31 bits per heavy atom. The van der Waals surface area contributed by atoms with E-state index in [-0.39, 0.29) is 0 Å². The van der Waals surface area contributed by atoms with Crippen molar-refractivity contribution in [1.82, 2.24) is 0 Å². The number of hydrogen-bond donors (Lipinski definition) is 1. The van der Waals surface area contributed by atoms with E-state index in [4.69, 9.17) is 5.11 Å². The van der Waals surface area contributed by atoms with Crippen LogP contribution in [0.3, 0.4) is 0 Å². The number of aliphatic hydroxyl groups is 1. The molecule has 1 N–H and O–H groups in total. The van der Waals surface area contributed by atoms with Gasteiger partial charge in [-0.2, -0.15) is 0 Å². The Kier molecular flexibility index (Phi) is 4.44. The molecular weight excluding hydrogens is 188 g/mol. The summed E-state index contributed by atoms with van der Waals surface area (Å²) in [6, 6.07) is 0. The third-order valence-corrected chi connectivity index (χ3v) is 1.04. The molecule has 0 aliphatic heterocycles. The maximum Gasteiger partial charge on any atom is 0.294 e. The van der Waals surface area contributed by atoms with Gasteiger partial charge in [-0.15, -0.1) is 20.2 Å². The zero-order valence-corrected chi connectivity index (χ0v) is 6.36. The predicted octanol–water partition coefficient (Wildman–Crippen LogP) is -1.03. The van der Waals surface area contributed by atoms with Crippen molar-refractivity contribution in [2.45, 2.75) is 12.2 Å². The molecule has 0 fully saturated rings. The lowest BCUT2D eigenvalue weighted by atomic mass is 10.2. The van der Waals surface area contributed by atoms with Gasteiger partial charge < -0.3 is 14.8 Å². The van der Waals surface area contributed by atoms with Gasteiger partial charge in [0.05, 0.1) is 6.61 Å². The molecule has 0 aromatic rings. The smallest absolute Gasteiger partial charge is 0.294 e. The second kappa shape index (κ2) is 5.09. The zero-order valence-electron chi connectivity index (χ0n) is 6.36. The Hall–Kier alpha value is -1.64. The van der Waals surface area contributed by atoms with E-state index in [1.807, 2.05) is 0 Å². The molecule has 1 radical (unpaired) electrons. The fraction of sp³-hybridized carbons (Fsp3) is 0.750. The summed E-state index contributed by atoms with van der Waals surface area (Å²) in [5.41, 5.74) is 0. The van der Waals surface area contributed by atoms with Gasteiger partial charge in [0.2, 0.25) is 0 Å². The summed E-state index contributed by atoms with van der Waals surface area (Å²) in [4.78, 5) is 27.2. The van der Waals surface area contributed by atoms with Gasteiger partial charge in [0.1, 0.15) is 6.10 Å². The Morgan fingerprint density at radius 2 is 1.77 bits per heavy atom. The summed E-state index contributed by atoms with van der Waals surface area (Å²) in [7, 11) is 0. The first-order valence-corrected chi connectivity index (χ1v) is 3.03. The van der Waals surface area contributed by atoms with Crippen molar-refractivity contribution in [3.63, 3.8) is 0 Å². The Balaban J connectivity index is 4.06. The van der Waals surface area contributed by atoms with Gasteiger partial charge in [0.25, 0.3) is 10.2 Å². The molecule has 0 aromatic heterocycles. The minimum atomic E-state index is -1.47. The van der Waals surface area contributed by atoms with Gasteiger partial charge in [0, 0.05) is 0 Å². The highest BCUT2D eigenvalue weighted by molar-refractivity contribution is 4.69. The molecule has 0 rings (SSSR count). The number of nitrogens with zero attached hydrogens (tertiary/aromatic N) is 2. The fourth-order valence-electron chi connectivity index (χ4n) is 0.508. The lowest BCUT2D eigenvalue weighted by Crippen LogP contribution is -2.35. The number of hydrogen-bond acceptors (Lipinski definition) is 7. The lowest BCUT2D eigenvalue weighted by Gasteiger charge is -2.17. The van der Waals surface area contributed by atoms with Crippen LogP contribution in [-0.2, 0) is 9.68 Å². The molecule has 0 spiro atoms. The van der Waals surface area contributed by atoms with Crippen molar-refractivity contribution in [1.29, 1.82) is 0 Å². The summed E-state index contributed by atoms with van der Waals surface area (Å²) in [6.07, 6.45) is -2.93. The molecule has 13 heavy (non-hydrogen) atoms. The topological polar surface area (TPSA) is 125 Å². The van der Waals surface area contributed by atoms with Crippen LogP contribution in [0.2, 0.25) is 0 Å². The Bertz CT molecular complexity index is 195. The van der Waals surface area contributed by atoms with Gasteiger partial charge in [-0.1, -0.05) is 0 Å². The predicted molar refractivity (Wildman–Crippen MR) is 36.2 cm³/mol. The van der Waals surface area contributed by atoms with Gasteiger partial charge in [-0.05, 0) is 6.92 Å². The molecule has 0 heterocycles. The molecule has 0 amide bonds. The van der Waals surface area contributed by atoms with Crippen LogP contribution in [0.15, 0.2) is 0 Å². The molecule has 75 valence electrons. The number of aliphatic hydroxyl groups excluding tert-OH is 1. The van der Waals surface area contributed by atoms with Crippen LogP contribution in [0.4, 0.5) is 0 Å². The van der Waals surface area contributed by atoms with Crippen molar-refractivity contribution in [2.24, 2.45) is 0 Å². The van der Waals surface area contributed by atoms with Crippen LogP contribution in [0.1, 0.15) is 0 Å². The first-order valence-electron chi connectivity index (χ1n) is 3.03. The van der Waals surface area contributed by atoms with E-state index in [0.29, 0.717) is 0 Å². The standard InChI is InChI=1S/C4H7N2O7/c1-3(12-5(8)9)4(2-7)13-6(10)11/h3-4,7H,1-2H2/t3-,4-/m0/s1. The average Bonchev–Trinajstić information content (AvgIpc) is 1.98. The zero-order chi connectivity index (χ0) is 10.4. The molecular formula is C4H7N2O7. The normalized spacial score (nSPS) is 14.3. The maximum absolute atomic E-state index is 9.78. The highest BCUT2D eigenvalue weighted by Gasteiger charge is 2.23. The second-order valence-electron chi connectivity index (χ2n) is 1.92. The molecule has 2 atom stereocenters. The molecule has 9 heteroatoms. The quantitative estimate of drug-likeness (QED) is 0.424. The lowest BCUT2D eigenvalue weighted by molar-refractivity contribution is -0.796. The summed E-state index contributed by atoms with van der Waals surface area (Å²) in [6.45, 7) is 2.25. The van der Waals surface area contributed by atoms with Crippen LogP contribution in [0, 0.1) is 27.2 Å². The molecule has 0 saturated carbocycles. The maximum atomic E-state index is 9.78. The van der Waals surface area contributed by atoms with E-state index >= 15 is 0 Å². The van der Waals surface area contributed by atoms with Crippen LogP contribution in [-0.4, -0.2) is 34.1 Å². The van der Waals surface area contributed by atoms with E-state index in [1.165, 1.54) is 0 Å². The summed E-state index contributed by atoms with van der Waals surface area (Å²) in [5, 5.41) is 25.6. The summed E-state index contributed by atoms with van der Waals surface area (Å²) >= 11 is 0. The van der Waals surface area contributed by atoms with E-state index < -0.39 is 29.0 Å². The Morgan fingerprint density at radius 3 is 2.08 bits per heavy atom. The Labute approximate surface area is 72.1 Å². The average molecular weight is 195 g/mol. The van der Waals surface area contributed by atoms with Crippen LogP contribution >= 0.6 is 0 Å². The third-order valence-electron chi connectivity index (χ3n) is 1.04. The first-order chi connectivity index (χ1) is 5.97. The molecule has 0 aliphatic rings. The third kappa shape index (κ3) is 4.74. The molecule has 9 nitrogen and oxygen atoms in total. The summed E-state index contributed by atoms with van der Waals surface area (Å²) < 4.78 is 0. The van der Waals surface area contributed by atoms with Crippen molar-refractivity contribution < 1.29 is 25.0 Å². The minimum absolute atomic E-state index is 0.803. The van der Waals surface area contributed by atoms with Crippen molar-refractivity contribution >= 4 is 0 Å². The van der Waals surface area contributed by atoms with Crippen LogP contribution in [0.5, 0.6) is 0 Å². The monoisotopic (exact) mass is 195 g/mol. The highest BCUT2D eigenvalue weighted by Crippen LogP contribution is 2.02. The SMILES string of the molecule is [CH2][C@H](O[N+](=O)[O-])[C@H](CO)O[N+](=O)[O-]. The summed E-state index contributed by atoms with van der Waals surface area (Å²) in [5.74, 6) is 0. The minimum Gasteiger partial charge on any atom is -0.394 e. The van der Waals surface area contributed by atoms with E-state index in [2.05, 4.69) is 16.6 Å². The van der Waals surface area contributed by atoms with Crippen molar-refractivity contribution in [3.05, 3.63) is 27.2 Å². The van der Waals surface area contributed by atoms with Gasteiger partial charge in [-0.25, -0.2) is 0 Å². The van der Waals surface area contributed by atoms with E-state index in [9.17, 15) is 20.2 Å². The number of rotatable bonds is 6. The van der Waals surface area contributed by atoms with Gasteiger partial charge in [-0.3, -0.25) is 0 Å².